The number of rotatable bonds is 6. The Morgan fingerprint density at radius 1 is 1.08 bits per heavy atom. The van der Waals surface area contributed by atoms with Gasteiger partial charge in [0, 0.05) is 32.2 Å². The predicted octanol–water partition coefficient (Wildman–Crippen LogP) is 1.56. The maximum absolute atomic E-state index is 12.6. The number of hydrogen-bond donors (Lipinski definition) is 2. The van der Waals surface area contributed by atoms with Crippen LogP contribution in [0.3, 0.4) is 0 Å². The van der Waals surface area contributed by atoms with Crippen molar-refractivity contribution in [3.05, 3.63) is 35.9 Å². The number of carbonyl (C=O) groups excluding carboxylic acids is 1. The highest BCUT2D eigenvalue weighted by molar-refractivity contribution is 5.79. The third-order valence-corrected chi connectivity index (χ3v) is 5.57. The van der Waals surface area contributed by atoms with Crippen LogP contribution in [-0.2, 0) is 16.1 Å². The van der Waals surface area contributed by atoms with E-state index in [1.807, 2.05) is 35.2 Å². The summed E-state index contributed by atoms with van der Waals surface area (Å²) in [6.07, 6.45) is 3.99. The third kappa shape index (κ3) is 5.29. The fourth-order valence-electron chi connectivity index (χ4n) is 4.12. The quantitative estimate of drug-likeness (QED) is 0.807. The molecule has 2 aliphatic rings. The monoisotopic (exact) mass is 359 g/mol. The number of nitrogens with one attached hydrogen (secondary N) is 1. The van der Waals surface area contributed by atoms with Gasteiger partial charge in [0.05, 0.1) is 12.5 Å². The molecule has 2 fully saturated rings. The van der Waals surface area contributed by atoms with E-state index in [9.17, 15) is 9.59 Å². The van der Waals surface area contributed by atoms with E-state index in [0.717, 1.165) is 57.4 Å². The molecule has 142 valence electrons. The van der Waals surface area contributed by atoms with Gasteiger partial charge in [-0.1, -0.05) is 30.3 Å². The Morgan fingerprint density at radius 2 is 1.81 bits per heavy atom. The third-order valence-electron chi connectivity index (χ3n) is 5.57. The maximum atomic E-state index is 12.6. The minimum atomic E-state index is -0.753. The molecule has 1 amide bonds. The maximum Gasteiger partial charge on any atom is 0.317 e. The number of benzene rings is 1. The second-order valence-corrected chi connectivity index (χ2v) is 7.44. The highest BCUT2D eigenvalue weighted by Gasteiger charge is 2.31. The van der Waals surface area contributed by atoms with Crippen molar-refractivity contribution < 1.29 is 14.7 Å². The molecular weight excluding hydrogens is 330 g/mol. The molecule has 2 aliphatic heterocycles. The molecule has 26 heavy (non-hydrogen) atoms. The summed E-state index contributed by atoms with van der Waals surface area (Å²) in [4.78, 5) is 27.9. The predicted molar refractivity (Wildman–Crippen MR) is 99.7 cm³/mol. The number of carboxylic acid groups (broad SMARTS) is 1. The van der Waals surface area contributed by atoms with Gasteiger partial charge in [-0.25, -0.2) is 0 Å². The van der Waals surface area contributed by atoms with Gasteiger partial charge in [-0.15, -0.1) is 0 Å². The largest absolute Gasteiger partial charge is 0.480 e. The fraction of sp³-hybridized carbons (Fsp3) is 0.600. The molecular formula is C20H29N3O3. The van der Waals surface area contributed by atoms with Gasteiger partial charge >= 0.3 is 5.97 Å². The normalized spacial score (nSPS) is 22.8. The molecule has 0 spiro atoms. The van der Waals surface area contributed by atoms with Gasteiger partial charge in [-0.05, 0) is 37.8 Å². The van der Waals surface area contributed by atoms with Crippen molar-refractivity contribution in [2.75, 3.05) is 32.7 Å². The average Bonchev–Trinajstić information content (AvgIpc) is 2.67. The van der Waals surface area contributed by atoms with Crippen molar-refractivity contribution in [3.63, 3.8) is 0 Å². The number of likely N-dealkylation sites (tertiary alicyclic amines) is 2. The standard InChI is InChI=1S/C20H29N3O3/c24-19(25)15-22-11-8-18(9-12-22)23-10-4-7-17(14-23)20(26)21-13-16-5-2-1-3-6-16/h1-3,5-6,17-18H,4,7-15H2,(H,21,26)(H,24,25). The van der Waals surface area contributed by atoms with Crippen LogP contribution in [0.4, 0.5) is 0 Å². The van der Waals surface area contributed by atoms with E-state index in [4.69, 9.17) is 5.11 Å². The first kappa shape index (κ1) is 18.9. The topological polar surface area (TPSA) is 72.9 Å². The lowest BCUT2D eigenvalue weighted by molar-refractivity contribution is -0.139. The minimum absolute atomic E-state index is 0.0597. The lowest BCUT2D eigenvalue weighted by atomic mass is 9.93. The van der Waals surface area contributed by atoms with Crippen LogP contribution in [0.2, 0.25) is 0 Å². The lowest BCUT2D eigenvalue weighted by Gasteiger charge is -2.41. The van der Waals surface area contributed by atoms with Crippen LogP contribution in [0, 0.1) is 5.92 Å². The highest BCUT2D eigenvalue weighted by atomic mass is 16.4. The Balaban J connectivity index is 1.45. The van der Waals surface area contributed by atoms with Gasteiger partial charge in [0.2, 0.25) is 5.91 Å². The molecule has 1 unspecified atom stereocenters. The number of carboxylic acids is 1. The molecule has 0 aromatic heterocycles. The second kappa shape index (κ2) is 9.14. The molecule has 1 atom stereocenters. The van der Waals surface area contributed by atoms with Crippen LogP contribution in [0.25, 0.3) is 0 Å². The molecule has 1 aromatic rings. The molecule has 0 aliphatic carbocycles. The fourth-order valence-corrected chi connectivity index (χ4v) is 4.12. The zero-order valence-electron chi connectivity index (χ0n) is 15.3. The summed E-state index contributed by atoms with van der Waals surface area (Å²) in [6, 6.07) is 10.5. The Labute approximate surface area is 155 Å². The lowest BCUT2D eigenvalue weighted by Crippen LogP contribution is -2.51. The second-order valence-electron chi connectivity index (χ2n) is 7.44. The van der Waals surface area contributed by atoms with Crippen LogP contribution >= 0.6 is 0 Å². The number of carbonyl (C=O) groups is 2. The van der Waals surface area contributed by atoms with Gasteiger partial charge in [0.25, 0.3) is 0 Å². The first-order valence-corrected chi connectivity index (χ1v) is 9.61. The van der Waals surface area contributed by atoms with E-state index in [1.54, 1.807) is 0 Å². The van der Waals surface area contributed by atoms with Crippen molar-refractivity contribution in [1.29, 1.82) is 0 Å². The number of nitrogens with zero attached hydrogens (tertiary/aromatic N) is 2. The summed E-state index contributed by atoms with van der Waals surface area (Å²) in [5.74, 6) is -0.539. The van der Waals surface area contributed by atoms with Gasteiger partial charge in [-0.2, -0.15) is 0 Å². The molecule has 1 aromatic carbocycles. The summed E-state index contributed by atoms with van der Waals surface area (Å²) >= 11 is 0. The van der Waals surface area contributed by atoms with Crippen LogP contribution in [0.15, 0.2) is 30.3 Å². The van der Waals surface area contributed by atoms with Crippen LogP contribution in [0.1, 0.15) is 31.2 Å². The van der Waals surface area contributed by atoms with Gasteiger partial charge in [0.1, 0.15) is 0 Å². The van der Waals surface area contributed by atoms with Gasteiger partial charge in [0.15, 0.2) is 0 Å². The van der Waals surface area contributed by atoms with E-state index in [2.05, 4.69) is 10.2 Å². The highest BCUT2D eigenvalue weighted by Crippen LogP contribution is 2.24. The van der Waals surface area contributed by atoms with Crippen LogP contribution in [0.5, 0.6) is 0 Å². The zero-order chi connectivity index (χ0) is 18.4. The SMILES string of the molecule is O=C(O)CN1CCC(N2CCCC(C(=O)NCc3ccccc3)C2)CC1. The number of amides is 1. The number of piperidine rings is 2. The number of aliphatic carboxylic acids is 1. The van der Waals surface area contributed by atoms with Crippen molar-refractivity contribution in [2.45, 2.75) is 38.3 Å². The molecule has 0 radical (unpaired) electrons. The Bertz CT molecular complexity index is 600. The summed E-state index contributed by atoms with van der Waals surface area (Å²) in [5.41, 5.74) is 1.12. The summed E-state index contributed by atoms with van der Waals surface area (Å²) in [5, 5.41) is 12.0. The molecule has 2 N–H and O–H groups in total. The van der Waals surface area contributed by atoms with Gasteiger partial charge in [-0.3, -0.25) is 19.4 Å². The average molecular weight is 359 g/mol. The van der Waals surface area contributed by atoms with E-state index in [0.29, 0.717) is 12.6 Å². The van der Waals surface area contributed by atoms with Crippen molar-refractivity contribution in [1.82, 2.24) is 15.1 Å². The van der Waals surface area contributed by atoms with E-state index in [-0.39, 0.29) is 18.4 Å². The summed E-state index contributed by atoms with van der Waals surface area (Å²) in [7, 11) is 0. The Hall–Kier alpha value is -1.92. The molecule has 2 saturated heterocycles. The molecule has 0 saturated carbocycles. The summed E-state index contributed by atoms with van der Waals surface area (Å²) < 4.78 is 0. The van der Waals surface area contributed by atoms with Crippen LogP contribution < -0.4 is 5.32 Å². The zero-order valence-corrected chi connectivity index (χ0v) is 15.3. The van der Waals surface area contributed by atoms with E-state index in [1.165, 1.54) is 0 Å². The van der Waals surface area contributed by atoms with Crippen molar-refractivity contribution in [2.24, 2.45) is 5.92 Å². The van der Waals surface area contributed by atoms with Crippen LogP contribution in [-0.4, -0.2) is 65.5 Å². The molecule has 6 nitrogen and oxygen atoms in total. The van der Waals surface area contributed by atoms with E-state index >= 15 is 0 Å². The first-order valence-electron chi connectivity index (χ1n) is 9.61. The molecule has 0 bridgehead atoms. The summed E-state index contributed by atoms with van der Waals surface area (Å²) in [6.45, 7) is 4.26. The Morgan fingerprint density at radius 3 is 2.50 bits per heavy atom. The molecule has 3 rings (SSSR count). The minimum Gasteiger partial charge on any atom is -0.480 e. The van der Waals surface area contributed by atoms with Gasteiger partial charge < -0.3 is 10.4 Å². The Kier molecular flexibility index (Phi) is 6.63. The van der Waals surface area contributed by atoms with Crippen molar-refractivity contribution in [3.8, 4) is 0 Å². The van der Waals surface area contributed by atoms with Crippen molar-refractivity contribution >= 4 is 11.9 Å². The number of hydrogen-bond acceptors (Lipinski definition) is 4. The smallest absolute Gasteiger partial charge is 0.317 e. The molecule has 6 heteroatoms. The molecule has 2 heterocycles. The van der Waals surface area contributed by atoms with E-state index < -0.39 is 5.97 Å². The first-order chi connectivity index (χ1) is 12.6.